The molecule has 0 bridgehead atoms. The number of hydrogen-bond donors (Lipinski definition) is 0. The van der Waals surface area contributed by atoms with Crippen LogP contribution in [-0.4, -0.2) is 24.5 Å². The molecule has 0 fully saturated rings. The van der Waals surface area contributed by atoms with Crippen LogP contribution in [0, 0.1) is 0 Å². The van der Waals surface area contributed by atoms with Crippen molar-refractivity contribution in [2.24, 2.45) is 0 Å². The van der Waals surface area contributed by atoms with E-state index in [2.05, 4.69) is 168 Å². The van der Waals surface area contributed by atoms with Gasteiger partial charge in [-0.15, -0.1) is 0 Å². The molecule has 0 unspecified atom stereocenters. The van der Waals surface area contributed by atoms with Crippen LogP contribution in [0.5, 0.6) is 0 Å². The Labute approximate surface area is 350 Å². The van der Waals surface area contributed by atoms with E-state index < -0.39 is 0 Å². The Balaban J connectivity index is 1.17. The van der Waals surface area contributed by atoms with E-state index in [-0.39, 0.29) is 0 Å². The van der Waals surface area contributed by atoms with Crippen molar-refractivity contribution in [2.45, 2.75) is 0 Å². The van der Waals surface area contributed by atoms with Crippen molar-refractivity contribution in [1.29, 1.82) is 0 Å². The Morgan fingerprint density at radius 1 is 0.311 bits per heavy atom. The van der Waals surface area contributed by atoms with E-state index in [0.717, 1.165) is 66.2 Å². The maximum Gasteiger partial charge on any atom is 0.166 e. The number of rotatable bonds is 5. The van der Waals surface area contributed by atoms with Gasteiger partial charge in [0.05, 0.1) is 22.2 Å². The van der Waals surface area contributed by atoms with Crippen LogP contribution >= 0.6 is 0 Å². The number of nitrogens with zero attached hydrogens (tertiary/aromatic N) is 5. The molecule has 0 spiro atoms. The largest absolute Gasteiger partial charge is 0.308 e. The van der Waals surface area contributed by atoms with Gasteiger partial charge in [0.2, 0.25) is 0 Å². The summed E-state index contributed by atoms with van der Waals surface area (Å²) in [5, 5.41) is 13.1. The second-order valence-electron chi connectivity index (χ2n) is 15.8. The molecule has 0 saturated heterocycles. The summed E-state index contributed by atoms with van der Waals surface area (Å²) in [6, 6.07) is 68.9. The summed E-state index contributed by atoms with van der Waals surface area (Å²) in [5.41, 5.74) is 9.22. The molecule has 10 aromatic carbocycles. The molecule has 61 heavy (non-hydrogen) atoms. The second-order valence-corrected chi connectivity index (χ2v) is 15.8. The summed E-state index contributed by atoms with van der Waals surface area (Å²) < 4.78 is 2.44. The SMILES string of the molecule is c1ccc(-c2ccc(-c3nc(-c4ccccc4)nc(-c4cc5c(cc4-n4c6cccc7c8ccccc8c8cccc4c8c76)c4ccccc4c4cccnc45)n3)cc2)cc1. The van der Waals surface area contributed by atoms with Crippen molar-refractivity contribution in [1.82, 2.24) is 24.5 Å². The van der Waals surface area contributed by atoms with Gasteiger partial charge in [0.25, 0.3) is 0 Å². The lowest BCUT2D eigenvalue weighted by Gasteiger charge is -2.18. The van der Waals surface area contributed by atoms with Crippen molar-refractivity contribution < 1.29 is 0 Å². The molecular weight excluding hydrogens is 743 g/mol. The maximum atomic E-state index is 5.41. The highest BCUT2D eigenvalue weighted by Gasteiger charge is 2.24. The fraction of sp³-hybridized carbons (Fsp3) is 0. The molecule has 3 heterocycles. The van der Waals surface area contributed by atoms with Crippen LogP contribution in [0.3, 0.4) is 0 Å². The van der Waals surface area contributed by atoms with Crippen molar-refractivity contribution >= 4 is 75.8 Å². The van der Waals surface area contributed by atoms with Gasteiger partial charge in [0, 0.05) is 44.4 Å². The lowest BCUT2D eigenvalue weighted by atomic mass is 9.94. The normalized spacial score (nSPS) is 11.9. The Morgan fingerprint density at radius 2 is 0.770 bits per heavy atom. The van der Waals surface area contributed by atoms with E-state index >= 15 is 0 Å². The standard InChI is InChI=1S/C56H33N5/c1-3-14-34(15-4-1)35-27-29-37(30-28-35)55-58-54(36-16-5-2-6-17-36)59-56(60-55)47-32-46-45(41-21-10-9-20-40(41)44-24-13-31-57-53(44)46)33-50(47)61-48-25-11-22-42-38-18-7-8-19-39(38)43-23-12-26-49(61)52(43)51(42)48/h1-33H. The lowest BCUT2D eigenvalue weighted by molar-refractivity contribution is 1.07. The van der Waals surface area contributed by atoms with Gasteiger partial charge in [0.1, 0.15) is 0 Å². The van der Waals surface area contributed by atoms with Crippen LogP contribution in [0.1, 0.15) is 0 Å². The Kier molecular flexibility index (Phi) is 7.24. The zero-order valence-corrected chi connectivity index (χ0v) is 32.8. The van der Waals surface area contributed by atoms with Crippen LogP contribution in [0.4, 0.5) is 0 Å². The molecule has 0 N–H and O–H groups in total. The molecule has 13 rings (SSSR count). The smallest absolute Gasteiger partial charge is 0.166 e. The zero-order valence-electron chi connectivity index (χ0n) is 32.8. The third kappa shape index (κ3) is 5.08. The van der Waals surface area contributed by atoms with E-state index in [9.17, 15) is 0 Å². The molecule has 0 aliphatic carbocycles. The van der Waals surface area contributed by atoms with Crippen molar-refractivity contribution in [3.8, 4) is 51.0 Å². The van der Waals surface area contributed by atoms with Gasteiger partial charge >= 0.3 is 0 Å². The summed E-state index contributed by atoms with van der Waals surface area (Å²) in [6.45, 7) is 0. The fourth-order valence-corrected chi connectivity index (χ4v) is 9.71. The van der Waals surface area contributed by atoms with E-state index in [1.165, 1.54) is 43.1 Å². The van der Waals surface area contributed by atoms with Crippen LogP contribution in [0.25, 0.3) is 127 Å². The monoisotopic (exact) mass is 775 g/mol. The minimum absolute atomic E-state index is 0.589. The quantitative estimate of drug-likeness (QED) is 0.163. The van der Waals surface area contributed by atoms with E-state index in [0.29, 0.717) is 17.5 Å². The number of pyridine rings is 1. The second kappa shape index (κ2) is 13.1. The first-order valence-corrected chi connectivity index (χ1v) is 20.6. The third-order valence-electron chi connectivity index (χ3n) is 12.4. The van der Waals surface area contributed by atoms with Crippen molar-refractivity contribution in [3.05, 3.63) is 200 Å². The van der Waals surface area contributed by atoms with Gasteiger partial charge < -0.3 is 4.57 Å². The number of fused-ring (bicyclic) bond motifs is 9. The highest BCUT2D eigenvalue weighted by atomic mass is 15.1. The Bertz CT molecular complexity index is 3770. The zero-order chi connectivity index (χ0) is 40.0. The average molecular weight is 776 g/mol. The minimum atomic E-state index is 0.589. The maximum absolute atomic E-state index is 5.41. The number of hydrogen-bond acceptors (Lipinski definition) is 4. The number of aromatic nitrogens is 5. The van der Waals surface area contributed by atoms with Gasteiger partial charge in [-0.25, -0.2) is 15.0 Å². The summed E-state index contributed by atoms with van der Waals surface area (Å²) in [4.78, 5) is 21.0. The highest BCUT2D eigenvalue weighted by molar-refractivity contribution is 6.34. The predicted octanol–water partition coefficient (Wildman–Crippen LogP) is 14.2. The summed E-state index contributed by atoms with van der Waals surface area (Å²) in [5.74, 6) is 1.81. The highest BCUT2D eigenvalue weighted by Crippen LogP contribution is 2.46. The molecule has 3 aromatic heterocycles. The molecule has 0 radical (unpaired) electrons. The van der Waals surface area contributed by atoms with Crippen LogP contribution in [-0.2, 0) is 0 Å². The van der Waals surface area contributed by atoms with Gasteiger partial charge in [0.15, 0.2) is 17.5 Å². The predicted molar refractivity (Wildman–Crippen MR) is 252 cm³/mol. The van der Waals surface area contributed by atoms with Gasteiger partial charge in [-0.3, -0.25) is 4.98 Å². The summed E-state index contributed by atoms with van der Waals surface area (Å²) in [7, 11) is 0. The molecular formula is C56H33N5. The van der Waals surface area contributed by atoms with E-state index in [1.807, 2.05) is 36.5 Å². The molecule has 13 aromatic rings. The first-order valence-electron chi connectivity index (χ1n) is 20.6. The topological polar surface area (TPSA) is 56.5 Å². The molecule has 0 aliphatic heterocycles. The Hall–Kier alpha value is -8.28. The number of benzene rings is 10. The van der Waals surface area contributed by atoms with Crippen LogP contribution in [0.15, 0.2) is 200 Å². The fourth-order valence-electron chi connectivity index (χ4n) is 9.71. The van der Waals surface area contributed by atoms with Gasteiger partial charge in [-0.05, 0) is 79.2 Å². The van der Waals surface area contributed by atoms with Gasteiger partial charge in [-0.2, -0.15) is 0 Å². The van der Waals surface area contributed by atoms with Crippen molar-refractivity contribution in [3.63, 3.8) is 0 Å². The summed E-state index contributed by atoms with van der Waals surface area (Å²) >= 11 is 0. The first kappa shape index (κ1) is 33.7. The minimum Gasteiger partial charge on any atom is -0.308 e. The van der Waals surface area contributed by atoms with Gasteiger partial charge in [-0.1, -0.05) is 164 Å². The first-order chi connectivity index (χ1) is 30.3. The summed E-state index contributed by atoms with van der Waals surface area (Å²) in [6.07, 6.45) is 1.89. The lowest BCUT2D eigenvalue weighted by Crippen LogP contribution is -2.04. The molecule has 0 atom stereocenters. The van der Waals surface area contributed by atoms with E-state index in [4.69, 9.17) is 19.9 Å². The van der Waals surface area contributed by atoms with Crippen LogP contribution < -0.4 is 0 Å². The molecule has 282 valence electrons. The van der Waals surface area contributed by atoms with Crippen LogP contribution in [0.2, 0.25) is 0 Å². The molecule has 0 amide bonds. The van der Waals surface area contributed by atoms with E-state index in [1.54, 1.807) is 0 Å². The Morgan fingerprint density at radius 3 is 1.39 bits per heavy atom. The molecule has 0 saturated carbocycles. The molecule has 5 nitrogen and oxygen atoms in total. The third-order valence-corrected chi connectivity index (χ3v) is 12.4. The van der Waals surface area contributed by atoms with Crippen molar-refractivity contribution in [2.75, 3.05) is 0 Å². The molecule has 5 heteroatoms. The average Bonchev–Trinajstić information content (AvgIpc) is 3.69. The molecule has 0 aliphatic rings.